The molecule has 2 aliphatic heterocycles. The highest BCUT2D eigenvalue weighted by Crippen LogP contribution is 2.57. The highest BCUT2D eigenvalue weighted by molar-refractivity contribution is 7.27. The largest absolute Gasteiger partial charge is 0.376 e. The molecule has 6 aromatic carbocycles. The Bertz CT molecular complexity index is 3350. The number of hydrogen-bond donors (Lipinski definition) is 0. The lowest BCUT2D eigenvalue weighted by atomic mass is 9.43. The van der Waals surface area contributed by atoms with Crippen molar-refractivity contribution in [1.82, 2.24) is 4.57 Å². The van der Waals surface area contributed by atoms with E-state index in [1.165, 1.54) is 140 Å². The van der Waals surface area contributed by atoms with E-state index in [1.54, 1.807) is 0 Å². The summed E-state index contributed by atoms with van der Waals surface area (Å²) in [6, 6.07) is 37.2. The second-order valence-electron chi connectivity index (χ2n) is 25.1. The minimum absolute atomic E-state index is 0.0105. The molecule has 0 saturated carbocycles. The lowest BCUT2D eigenvalue weighted by Gasteiger charge is -2.47. The Labute approximate surface area is 386 Å². The van der Waals surface area contributed by atoms with Gasteiger partial charge in [0.25, 0.3) is 0 Å². The first kappa shape index (κ1) is 40.7. The van der Waals surface area contributed by atoms with Gasteiger partial charge in [0.05, 0.1) is 11.0 Å². The number of nitrogens with zero attached hydrogens (tertiary/aromatic N) is 2. The monoisotopic (exact) mass is 856 g/mol. The van der Waals surface area contributed by atoms with Crippen LogP contribution in [0.15, 0.2) is 91.0 Å². The molecular formula is C60H65BN2S. The highest BCUT2D eigenvalue weighted by atomic mass is 32.1. The molecule has 0 saturated heterocycles. The van der Waals surface area contributed by atoms with Crippen LogP contribution in [0.5, 0.6) is 0 Å². The van der Waals surface area contributed by atoms with E-state index < -0.39 is 0 Å². The third-order valence-electron chi connectivity index (χ3n) is 17.0. The molecular weight excluding hydrogens is 792 g/mol. The maximum atomic E-state index is 2.81. The zero-order valence-electron chi connectivity index (χ0n) is 40.9. The summed E-state index contributed by atoms with van der Waals surface area (Å²) >= 11 is 2.02. The average Bonchev–Trinajstić information content (AvgIpc) is 3.78. The Morgan fingerprint density at radius 3 is 1.70 bits per heavy atom. The van der Waals surface area contributed by atoms with Gasteiger partial charge in [-0.15, -0.1) is 11.3 Å². The van der Waals surface area contributed by atoms with Crippen molar-refractivity contribution in [2.45, 2.75) is 155 Å². The quantitative estimate of drug-likeness (QED) is 0.149. The highest BCUT2D eigenvalue weighted by Gasteiger charge is 2.49. The number of benzene rings is 6. The number of anilines is 2. The van der Waals surface area contributed by atoms with Gasteiger partial charge < -0.3 is 9.38 Å². The third kappa shape index (κ3) is 5.38. The number of thiophene rings is 1. The van der Waals surface area contributed by atoms with Gasteiger partial charge in [0.2, 0.25) is 0 Å². The molecule has 64 heavy (non-hydrogen) atoms. The second kappa shape index (κ2) is 12.5. The first-order valence-electron chi connectivity index (χ1n) is 24.2. The van der Waals surface area contributed by atoms with E-state index in [2.05, 4.69) is 197 Å². The van der Waals surface area contributed by atoms with Crippen LogP contribution in [-0.2, 0) is 32.5 Å². The molecule has 12 rings (SSSR count). The summed E-state index contributed by atoms with van der Waals surface area (Å²) in [5.41, 5.74) is 21.6. The fourth-order valence-corrected chi connectivity index (χ4v) is 14.0. The van der Waals surface area contributed by atoms with Gasteiger partial charge in [-0.1, -0.05) is 139 Å². The molecule has 4 heteroatoms. The Hall–Kier alpha value is -4.80. The Morgan fingerprint density at radius 1 is 0.547 bits per heavy atom. The first-order chi connectivity index (χ1) is 30.0. The van der Waals surface area contributed by atoms with Crippen LogP contribution in [0.4, 0.5) is 11.4 Å². The Balaban J connectivity index is 1.35. The van der Waals surface area contributed by atoms with Crippen molar-refractivity contribution in [3.63, 3.8) is 0 Å². The number of aromatic nitrogens is 1. The van der Waals surface area contributed by atoms with E-state index in [-0.39, 0.29) is 39.3 Å². The van der Waals surface area contributed by atoms with E-state index >= 15 is 0 Å². The van der Waals surface area contributed by atoms with Gasteiger partial charge in [-0.2, -0.15) is 0 Å². The average molecular weight is 857 g/mol. The number of rotatable bonds is 1. The van der Waals surface area contributed by atoms with Crippen LogP contribution in [0.3, 0.4) is 0 Å². The standard InChI is InChI=1S/C60H65BN2S/c1-55(2,3)34-19-22-36(23-20-34)63-46-32-42-40(57(7,8)25-27-59(42,11)12)30-39(46)51-52-53-49(50-37-17-15-16-18-48(37)64-54(50)51)38-29-35(56(4,5)6)21-24-45(38)62(53)47-33-43-41(31-44(47)61(52)63)58(9,10)26-28-60(43,13)14/h15-24,29-33H,25-28H2,1-14H3. The van der Waals surface area contributed by atoms with Crippen molar-refractivity contribution in [1.29, 1.82) is 0 Å². The zero-order chi connectivity index (χ0) is 45.0. The molecule has 2 nitrogen and oxygen atoms in total. The van der Waals surface area contributed by atoms with Crippen molar-refractivity contribution in [3.8, 4) is 16.8 Å². The normalized spacial score (nSPS) is 19.0. The predicted octanol–water partition coefficient (Wildman–Crippen LogP) is 15.7. The summed E-state index contributed by atoms with van der Waals surface area (Å²) in [4.78, 5) is 2.81. The van der Waals surface area contributed by atoms with Gasteiger partial charge in [-0.05, 0) is 151 Å². The molecule has 0 radical (unpaired) electrons. The van der Waals surface area contributed by atoms with Crippen LogP contribution in [0, 0.1) is 0 Å². The summed E-state index contributed by atoms with van der Waals surface area (Å²) < 4.78 is 5.56. The summed E-state index contributed by atoms with van der Waals surface area (Å²) in [7, 11) is 0. The predicted molar refractivity (Wildman–Crippen MR) is 281 cm³/mol. The molecule has 0 amide bonds. The van der Waals surface area contributed by atoms with Crippen molar-refractivity contribution < 1.29 is 0 Å². The molecule has 324 valence electrons. The van der Waals surface area contributed by atoms with Crippen LogP contribution in [0.2, 0.25) is 0 Å². The zero-order valence-corrected chi connectivity index (χ0v) is 41.7. The fourth-order valence-electron chi connectivity index (χ4n) is 12.8. The number of hydrogen-bond acceptors (Lipinski definition) is 2. The fraction of sp³-hybridized carbons (Fsp3) is 0.400. The van der Waals surface area contributed by atoms with Gasteiger partial charge in [0.1, 0.15) is 0 Å². The summed E-state index contributed by atoms with van der Waals surface area (Å²) in [6.07, 6.45) is 4.74. The van der Waals surface area contributed by atoms with Gasteiger partial charge in [0.15, 0.2) is 0 Å². The van der Waals surface area contributed by atoms with E-state index in [4.69, 9.17) is 0 Å². The minimum Gasteiger partial charge on any atom is -0.376 e. The minimum atomic E-state index is -0.0297. The molecule has 0 fully saturated rings. The van der Waals surface area contributed by atoms with Crippen LogP contribution >= 0.6 is 11.3 Å². The maximum absolute atomic E-state index is 2.81. The van der Waals surface area contributed by atoms with Crippen LogP contribution in [0.25, 0.3) is 58.8 Å². The topological polar surface area (TPSA) is 8.17 Å². The van der Waals surface area contributed by atoms with Gasteiger partial charge in [-0.25, -0.2) is 0 Å². The van der Waals surface area contributed by atoms with Gasteiger partial charge >= 0.3 is 6.85 Å². The molecule has 0 N–H and O–H groups in total. The number of fused-ring (bicyclic) bond motifs is 15. The molecule has 4 heterocycles. The van der Waals surface area contributed by atoms with Crippen molar-refractivity contribution in [2.24, 2.45) is 0 Å². The van der Waals surface area contributed by atoms with Crippen LogP contribution < -0.4 is 15.7 Å². The van der Waals surface area contributed by atoms with Crippen LogP contribution in [-0.4, -0.2) is 11.4 Å². The van der Waals surface area contributed by atoms with E-state index in [0.717, 1.165) is 0 Å². The van der Waals surface area contributed by atoms with E-state index in [0.29, 0.717) is 0 Å². The molecule has 0 bridgehead atoms. The van der Waals surface area contributed by atoms with Crippen LogP contribution in [0.1, 0.15) is 156 Å². The Kier molecular flexibility index (Phi) is 7.98. The molecule has 4 aliphatic rings. The molecule has 2 aliphatic carbocycles. The maximum Gasteiger partial charge on any atom is 0.333 e. The molecule has 0 spiro atoms. The molecule has 2 aromatic heterocycles. The summed E-state index contributed by atoms with van der Waals surface area (Å²) in [5.74, 6) is 0. The van der Waals surface area contributed by atoms with E-state index in [1.807, 2.05) is 11.3 Å². The molecule has 8 aromatic rings. The van der Waals surface area contributed by atoms with Gasteiger partial charge in [0, 0.05) is 59.1 Å². The van der Waals surface area contributed by atoms with Crippen molar-refractivity contribution in [3.05, 3.63) is 124 Å². The van der Waals surface area contributed by atoms with E-state index in [9.17, 15) is 0 Å². The smallest absolute Gasteiger partial charge is 0.333 e. The summed E-state index contributed by atoms with van der Waals surface area (Å²) in [6.45, 7) is 34.1. The Morgan fingerprint density at radius 2 is 1.09 bits per heavy atom. The van der Waals surface area contributed by atoms with Crippen molar-refractivity contribution in [2.75, 3.05) is 4.81 Å². The lowest BCUT2D eigenvalue weighted by Crippen LogP contribution is -2.61. The molecule has 0 atom stereocenters. The summed E-state index contributed by atoms with van der Waals surface area (Å²) in [5, 5.41) is 5.61. The van der Waals surface area contributed by atoms with Gasteiger partial charge in [-0.3, -0.25) is 0 Å². The lowest BCUT2D eigenvalue weighted by molar-refractivity contribution is 0.332. The second-order valence-corrected chi connectivity index (χ2v) is 26.2. The first-order valence-corrected chi connectivity index (χ1v) is 25.0. The third-order valence-corrected chi connectivity index (χ3v) is 18.2. The van der Waals surface area contributed by atoms with Crippen molar-refractivity contribution >= 4 is 82.5 Å². The SMILES string of the molecule is CC(C)(C)c1ccc(N2B3c4cc5c(cc4-n4c6ccc(C(C)(C)C)cc6c6c7c(sc8ccccc87)c(c3c64)-c3cc4c(cc32)C(C)(C)CCC4(C)C)C(C)(C)CCC5(C)C)cc1. The molecule has 0 unspecified atom stereocenters.